The summed E-state index contributed by atoms with van der Waals surface area (Å²) >= 11 is 0. The number of amides is 3. The van der Waals surface area contributed by atoms with Crippen molar-refractivity contribution in [1.29, 1.82) is 0 Å². The number of anilines is 1. The van der Waals surface area contributed by atoms with Crippen LogP contribution in [-0.2, 0) is 0 Å². The monoisotopic (exact) mass is 324 g/mol. The summed E-state index contributed by atoms with van der Waals surface area (Å²) in [5, 5.41) is 4.19. The molecule has 0 aliphatic rings. The first-order valence-corrected chi connectivity index (χ1v) is 6.37. The summed E-state index contributed by atoms with van der Waals surface area (Å²) in [6, 6.07) is 9.43. The molecule has 2 aromatic rings. The van der Waals surface area contributed by atoms with Crippen molar-refractivity contribution in [2.75, 3.05) is 5.32 Å². The number of halogens is 3. The summed E-state index contributed by atoms with van der Waals surface area (Å²) in [7, 11) is 0. The summed E-state index contributed by atoms with van der Waals surface area (Å²) in [6.45, 7) is -3.00. The Bertz CT molecular complexity index is 723. The van der Waals surface area contributed by atoms with Gasteiger partial charge in [-0.3, -0.25) is 10.1 Å². The molecule has 0 spiro atoms. The lowest BCUT2D eigenvalue weighted by Crippen LogP contribution is -2.34. The number of carbonyl (C=O) groups is 2. The largest absolute Gasteiger partial charge is 0.435 e. The minimum atomic E-state index is -3.00. The SMILES string of the molecule is O=C(NC(=O)c1ccccc1F)Nc1cccc(OC(F)F)c1. The minimum Gasteiger partial charge on any atom is -0.435 e. The molecule has 5 nitrogen and oxygen atoms in total. The molecule has 0 saturated heterocycles. The van der Waals surface area contributed by atoms with Gasteiger partial charge in [0.05, 0.1) is 5.56 Å². The molecule has 3 amide bonds. The Morgan fingerprint density at radius 1 is 1.04 bits per heavy atom. The quantitative estimate of drug-likeness (QED) is 0.906. The van der Waals surface area contributed by atoms with Crippen molar-refractivity contribution >= 4 is 17.6 Å². The van der Waals surface area contributed by atoms with Crippen molar-refractivity contribution < 1.29 is 27.5 Å². The Hall–Kier alpha value is -3.03. The van der Waals surface area contributed by atoms with Gasteiger partial charge in [-0.2, -0.15) is 8.78 Å². The van der Waals surface area contributed by atoms with Crippen LogP contribution in [-0.4, -0.2) is 18.5 Å². The second-order valence-corrected chi connectivity index (χ2v) is 4.29. The van der Waals surface area contributed by atoms with E-state index in [2.05, 4.69) is 10.1 Å². The fourth-order valence-corrected chi connectivity index (χ4v) is 1.73. The van der Waals surface area contributed by atoms with Crippen molar-refractivity contribution in [2.24, 2.45) is 0 Å². The Balaban J connectivity index is 2.00. The predicted molar refractivity (Wildman–Crippen MR) is 76.0 cm³/mol. The highest BCUT2D eigenvalue weighted by Gasteiger charge is 2.14. The molecule has 8 heteroatoms. The maximum atomic E-state index is 13.4. The normalized spacial score (nSPS) is 10.3. The van der Waals surface area contributed by atoms with Gasteiger partial charge >= 0.3 is 12.6 Å². The van der Waals surface area contributed by atoms with Crippen LogP contribution in [0.15, 0.2) is 48.5 Å². The van der Waals surface area contributed by atoms with E-state index in [9.17, 15) is 22.8 Å². The molecule has 0 aliphatic heterocycles. The molecule has 0 aliphatic carbocycles. The second-order valence-electron chi connectivity index (χ2n) is 4.29. The Morgan fingerprint density at radius 3 is 2.48 bits per heavy atom. The van der Waals surface area contributed by atoms with Crippen molar-refractivity contribution in [3.8, 4) is 5.75 Å². The van der Waals surface area contributed by atoms with Crippen LogP contribution in [0.4, 0.5) is 23.7 Å². The molecule has 0 bridgehead atoms. The molecule has 0 unspecified atom stereocenters. The van der Waals surface area contributed by atoms with E-state index in [1.807, 2.05) is 5.32 Å². The van der Waals surface area contributed by atoms with Gasteiger partial charge in [0.1, 0.15) is 11.6 Å². The van der Waals surface area contributed by atoms with Gasteiger partial charge < -0.3 is 10.1 Å². The van der Waals surface area contributed by atoms with Crippen molar-refractivity contribution in [3.63, 3.8) is 0 Å². The van der Waals surface area contributed by atoms with E-state index in [1.165, 1.54) is 36.4 Å². The molecule has 2 aromatic carbocycles. The van der Waals surface area contributed by atoms with Crippen LogP contribution in [0.5, 0.6) is 5.75 Å². The third-order valence-electron chi connectivity index (χ3n) is 2.66. The lowest BCUT2D eigenvalue weighted by atomic mass is 10.2. The highest BCUT2D eigenvalue weighted by molar-refractivity contribution is 6.08. The molecule has 0 fully saturated rings. The van der Waals surface area contributed by atoms with Crippen molar-refractivity contribution in [1.82, 2.24) is 5.32 Å². The average molecular weight is 324 g/mol. The topological polar surface area (TPSA) is 67.4 Å². The molecule has 23 heavy (non-hydrogen) atoms. The molecule has 120 valence electrons. The maximum absolute atomic E-state index is 13.4. The number of ether oxygens (including phenoxy) is 1. The highest BCUT2D eigenvalue weighted by Crippen LogP contribution is 2.19. The molecular formula is C15H11F3N2O3. The van der Waals surface area contributed by atoms with Crippen molar-refractivity contribution in [3.05, 3.63) is 59.9 Å². The van der Waals surface area contributed by atoms with Gasteiger partial charge in [-0.15, -0.1) is 0 Å². The van der Waals surface area contributed by atoms with E-state index in [1.54, 1.807) is 0 Å². The third-order valence-corrected chi connectivity index (χ3v) is 2.66. The average Bonchev–Trinajstić information content (AvgIpc) is 2.47. The Labute approximate surface area is 129 Å². The maximum Gasteiger partial charge on any atom is 0.387 e. The summed E-state index contributed by atoms with van der Waals surface area (Å²) in [5.74, 6) is -1.86. The third kappa shape index (κ3) is 4.73. The van der Waals surface area contributed by atoms with Crippen LogP contribution in [0.25, 0.3) is 0 Å². The van der Waals surface area contributed by atoms with Crippen LogP contribution in [0.2, 0.25) is 0 Å². The molecule has 2 N–H and O–H groups in total. The molecule has 0 radical (unpaired) electrons. The van der Waals surface area contributed by atoms with Crippen LogP contribution >= 0.6 is 0 Å². The number of hydrogen-bond donors (Lipinski definition) is 2. The number of benzene rings is 2. The van der Waals surface area contributed by atoms with Crippen LogP contribution in [0, 0.1) is 5.82 Å². The van der Waals surface area contributed by atoms with Crippen molar-refractivity contribution in [2.45, 2.75) is 6.61 Å². The molecule has 2 rings (SSSR count). The lowest BCUT2D eigenvalue weighted by molar-refractivity contribution is -0.0498. The van der Waals surface area contributed by atoms with Gasteiger partial charge in [0.2, 0.25) is 0 Å². The summed E-state index contributed by atoms with van der Waals surface area (Å²) in [4.78, 5) is 23.4. The molecule has 0 atom stereocenters. The molecule has 0 saturated carbocycles. The first-order valence-electron chi connectivity index (χ1n) is 6.37. The van der Waals surface area contributed by atoms with Gasteiger partial charge in [0.25, 0.3) is 5.91 Å². The van der Waals surface area contributed by atoms with Crippen LogP contribution < -0.4 is 15.4 Å². The summed E-state index contributed by atoms with van der Waals surface area (Å²) in [5.41, 5.74) is -0.167. The van der Waals surface area contributed by atoms with Gasteiger partial charge in [0.15, 0.2) is 0 Å². The van der Waals surface area contributed by atoms with E-state index in [4.69, 9.17) is 0 Å². The molecular weight excluding hydrogens is 313 g/mol. The van der Waals surface area contributed by atoms with Gasteiger partial charge in [0, 0.05) is 11.8 Å². The first-order chi connectivity index (χ1) is 11.0. The van der Waals surface area contributed by atoms with Gasteiger partial charge in [-0.05, 0) is 24.3 Å². The number of urea groups is 1. The fraction of sp³-hybridized carbons (Fsp3) is 0.0667. The number of nitrogens with one attached hydrogen (secondary N) is 2. The fourth-order valence-electron chi connectivity index (χ4n) is 1.73. The van der Waals surface area contributed by atoms with E-state index in [0.29, 0.717) is 0 Å². The molecule has 0 heterocycles. The smallest absolute Gasteiger partial charge is 0.387 e. The van der Waals surface area contributed by atoms with Gasteiger partial charge in [-0.1, -0.05) is 18.2 Å². The lowest BCUT2D eigenvalue weighted by Gasteiger charge is -2.09. The standard InChI is InChI=1S/C15H11F3N2O3/c16-12-7-2-1-6-11(12)13(21)20-15(22)19-9-4-3-5-10(8-9)23-14(17)18/h1-8,14H,(H2,19,20,21,22). The first kappa shape index (κ1) is 16.3. The summed E-state index contributed by atoms with van der Waals surface area (Å²) < 4.78 is 41.8. The number of hydrogen-bond acceptors (Lipinski definition) is 3. The van der Waals surface area contributed by atoms with Crippen LogP contribution in [0.3, 0.4) is 0 Å². The zero-order valence-corrected chi connectivity index (χ0v) is 11.6. The zero-order chi connectivity index (χ0) is 16.8. The Kier molecular flexibility index (Phi) is 5.19. The van der Waals surface area contributed by atoms with Crippen LogP contribution in [0.1, 0.15) is 10.4 Å². The number of carbonyl (C=O) groups excluding carboxylic acids is 2. The minimum absolute atomic E-state index is 0.127. The Morgan fingerprint density at radius 2 is 1.78 bits per heavy atom. The molecule has 0 aromatic heterocycles. The van der Waals surface area contributed by atoms with E-state index < -0.39 is 24.4 Å². The second kappa shape index (κ2) is 7.30. The number of rotatable bonds is 4. The summed E-state index contributed by atoms with van der Waals surface area (Å²) in [6.07, 6.45) is 0. The highest BCUT2D eigenvalue weighted by atomic mass is 19.3. The van der Waals surface area contributed by atoms with E-state index in [0.717, 1.165) is 12.1 Å². The van der Waals surface area contributed by atoms with E-state index in [-0.39, 0.29) is 17.0 Å². The van der Waals surface area contributed by atoms with Gasteiger partial charge in [-0.25, -0.2) is 9.18 Å². The predicted octanol–water partition coefficient (Wildman–Crippen LogP) is 3.39. The number of imide groups is 1. The van der Waals surface area contributed by atoms with E-state index >= 15 is 0 Å². The number of alkyl halides is 2. The zero-order valence-electron chi connectivity index (χ0n) is 11.6.